The summed E-state index contributed by atoms with van der Waals surface area (Å²) in [7, 11) is -0.836. The van der Waals surface area contributed by atoms with Crippen molar-refractivity contribution in [2.75, 3.05) is 14.2 Å². The van der Waals surface area contributed by atoms with Gasteiger partial charge in [0.2, 0.25) is 0 Å². The Morgan fingerprint density at radius 2 is 1.15 bits per heavy atom. The van der Waals surface area contributed by atoms with E-state index in [1.165, 1.54) is 14.2 Å². The van der Waals surface area contributed by atoms with Gasteiger partial charge in [0, 0.05) is 11.1 Å². The average molecular weight is 376 g/mol. The number of ether oxygens (including phenoxy) is 2. The van der Waals surface area contributed by atoms with Gasteiger partial charge in [-0.1, -0.05) is 72.8 Å². The van der Waals surface area contributed by atoms with Gasteiger partial charge in [0.05, 0.1) is 14.2 Å². The van der Waals surface area contributed by atoms with E-state index in [0.717, 1.165) is 22.3 Å². The zero-order valence-corrected chi connectivity index (χ0v) is 16.2. The molecule has 27 heavy (non-hydrogen) atoms. The number of methoxy groups -OCH3 is 2. The predicted molar refractivity (Wildman–Crippen MR) is 107 cm³/mol. The topological polar surface area (TPSA) is 52.6 Å². The molecule has 0 N–H and O–H groups in total. The summed E-state index contributed by atoms with van der Waals surface area (Å²) >= 11 is 0. The molecule has 0 spiro atoms. The highest BCUT2D eigenvalue weighted by atomic mass is 28.3. The van der Waals surface area contributed by atoms with Crippen molar-refractivity contribution in [2.45, 2.75) is 11.1 Å². The Kier molecular flexibility index (Phi) is 4.32. The Labute approximate surface area is 159 Å². The summed E-state index contributed by atoms with van der Waals surface area (Å²) in [4.78, 5) is 26.6. The van der Waals surface area contributed by atoms with Crippen molar-refractivity contribution in [3.63, 3.8) is 0 Å². The third kappa shape index (κ3) is 2.42. The van der Waals surface area contributed by atoms with Crippen molar-refractivity contribution >= 4 is 31.4 Å². The fourth-order valence-corrected chi connectivity index (χ4v) is 8.97. The van der Waals surface area contributed by atoms with Crippen LogP contribution < -0.4 is 0 Å². The molecule has 2 aromatic rings. The molecule has 4 rings (SSSR count). The lowest BCUT2D eigenvalue weighted by molar-refractivity contribution is 0.184. The minimum absolute atomic E-state index is 0.339. The molecular formula is C22H20O4Si. The summed E-state index contributed by atoms with van der Waals surface area (Å²) in [5.74, 6) is 0. The molecule has 0 saturated carbocycles. The summed E-state index contributed by atoms with van der Waals surface area (Å²) in [5.41, 5.74) is 2.45. The van der Waals surface area contributed by atoms with Crippen LogP contribution in [0.15, 0.2) is 60.7 Å². The van der Waals surface area contributed by atoms with Crippen LogP contribution in [-0.4, -0.2) is 33.5 Å². The molecule has 0 heterocycles. The quantitative estimate of drug-likeness (QED) is 0.717. The molecule has 5 heteroatoms. The van der Waals surface area contributed by atoms with E-state index in [0.29, 0.717) is 0 Å². The van der Waals surface area contributed by atoms with E-state index in [9.17, 15) is 9.59 Å². The minimum Gasteiger partial charge on any atom is -0.473 e. The zero-order valence-electron chi connectivity index (χ0n) is 15.2. The first-order chi connectivity index (χ1) is 13.1. The summed E-state index contributed by atoms with van der Waals surface area (Å²) in [5, 5.41) is 0. The molecule has 136 valence electrons. The Hall–Kier alpha value is -2.92. The molecule has 0 aliphatic heterocycles. The fraction of sp³-hybridized carbons (Fsp3) is 0.182. The van der Waals surface area contributed by atoms with Crippen LogP contribution in [-0.2, 0) is 9.47 Å². The monoisotopic (exact) mass is 376 g/mol. The third-order valence-corrected chi connectivity index (χ3v) is 10.4. The van der Waals surface area contributed by atoms with E-state index in [4.69, 9.17) is 9.47 Å². The molecule has 0 aromatic heterocycles. The van der Waals surface area contributed by atoms with Crippen LogP contribution in [0.3, 0.4) is 0 Å². The van der Waals surface area contributed by atoms with Crippen molar-refractivity contribution in [1.29, 1.82) is 0 Å². The van der Waals surface area contributed by atoms with Gasteiger partial charge in [-0.3, -0.25) is 9.59 Å². The van der Waals surface area contributed by atoms with Crippen LogP contribution in [0.5, 0.6) is 0 Å². The molecule has 2 atom stereocenters. The number of hydrogen-bond acceptors (Lipinski definition) is 4. The summed E-state index contributed by atoms with van der Waals surface area (Å²) < 4.78 is 10.5. The maximum atomic E-state index is 13.3. The van der Waals surface area contributed by atoms with E-state index in [1.807, 2.05) is 72.8 Å². The zero-order chi connectivity index (χ0) is 19.0. The first-order valence-corrected chi connectivity index (χ1v) is 11.0. The first-order valence-electron chi connectivity index (χ1n) is 8.85. The lowest BCUT2D eigenvalue weighted by Gasteiger charge is -2.35. The van der Waals surface area contributed by atoms with Gasteiger partial charge in [-0.2, -0.15) is 0 Å². The van der Waals surface area contributed by atoms with Gasteiger partial charge in [0.25, 0.3) is 11.2 Å². The molecule has 0 fully saturated rings. The number of benzene rings is 2. The Morgan fingerprint density at radius 1 is 0.741 bits per heavy atom. The lowest BCUT2D eigenvalue weighted by atomic mass is 10.1. The number of allylic oxidation sites excluding steroid dienone is 2. The maximum absolute atomic E-state index is 13.3. The molecule has 0 bridgehead atoms. The first kappa shape index (κ1) is 17.5. The molecule has 0 amide bonds. The Morgan fingerprint density at radius 3 is 1.56 bits per heavy atom. The number of hydrogen-bond donors (Lipinski definition) is 0. The highest BCUT2D eigenvalue weighted by molar-refractivity contribution is 7.25. The van der Waals surface area contributed by atoms with Crippen LogP contribution in [0.25, 0.3) is 12.2 Å². The van der Waals surface area contributed by atoms with Crippen molar-refractivity contribution in [3.05, 3.63) is 82.9 Å². The van der Waals surface area contributed by atoms with Crippen LogP contribution in [0, 0.1) is 0 Å². The van der Waals surface area contributed by atoms with E-state index in [1.54, 1.807) is 0 Å². The van der Waals surface area contributed by atoms with Crippen LogP contribution >= 0.6 is 0 Å². The molecule has 2 aliphatic rings. The SMILES string of the molecule is COC(=O)[Si](C(=O)OC)(C1C=Cc2ccccc21)C1C=Cc2ccccc21. The molecule has 2 aromatic carbocycles. The van der Waals surface area contributed by atoms with Crippen LogP contribution in [0.1, 0.15) is 33.3 Å². The number of fused-ring (bicyclic) bond motifs is 2. The summed E-state index contributed by atoms with van der Waals surface area (Å²) in [6.45, 7) is 0. The van der Waals surface area contributed by atoms with Gasteiger partial charge >= 0.3 is 8.07 Å². The molecule has 2 aliphatic carbocycles. The normalized spacial score (nSPS) is 19.5. The van der Waals surface area contributed by atoms with Crippen LogP contribution in [0.2, 0.25) is 0 Å². The van der Waals surface area contributed by atoms with Gasteiger partial charge in [0.15, 0.2) is 0 Å². The second-order valence-electron chi connectivity index (χ2n) is 6.78. The van der Waals surface area contributed by atoms with Gasteiger partial charge in [0.1, 0.15) is 0 Å². The molecular weight excluding hydrogens is 356 g/mol. The van der Waals surface area contributed by atoms with Crippen molar-refractivity contribution in [1.82, 2.24) is 0 Å². The van der Waals surface area contributed by atoms with Crippen molar-refractivity contribution in [3.8, 4) is 0 Å². The average Bonchev–Trinajstić information content (AvgIpc) is 3.34. The van der Waals surface area contributed by atoms with Gasteiger partial charge in [-0.25, -0.2) is 0 Å². The summed E-state index contributed by atoms with van der Waals surface area (Å²) in [6.07, 6.45) is 7.91. The largest absolute Gasteiger partial charge is 0.473 e. The van der Waals surface area contributed by atoms with E-state index < -0.39 is 19.3 Å². The number of carbonyl (C=O) groups excluding carboxylic acids is 2. The lowest BCUT2D eigenvalue weighted by Crippen LogP contribution is -2.61. The van der Waals surface area contributed by atoms with E-state index in [-0.39, 0.29) is 11.1 Å². The smallest absolute Gasteiger partial charge is 0.333 e. The molecule has 2 unspecified atom stereocenters. The maximum Gasteiger partial charge on any atom is 0.333 e. The number of rotatable bonds is 4. The van der Waals surface area contributed by atoms with Crippen molar-refractivity contribution < 1.29 is 19.1 Å². The molecule has 0 saturated heterocycles. The third-order valence-electron chi connectivity index (χ3n) is 5.63. The molecule has 4 nitrogen and oxygen atoms in total. The highest BCUT2D eigenvalue weighted by Crippen LogP contribution is 2.48. The predicted octanol–water partition coefficient (Wildman–Crippen LogP) is 4.83. The summed E-state index contributed by atoms with van der Waals surface area (Å²) in [6, 6.07) is 15.7. The van der Waals surface area contributed by atoms with E-state index >= 15 is 0 Å². The highest BCUT2D eigenvalue weighted by Gasteiger charge is 2.64. The molecule has 0 radical (unpaired) electrons. The Balaban J connectivity index is 1.97. The minimum atomic E-state index is -3.53. The van der Waals surface area contributed by atoms with Gasteiger partial charge in [-0.05, 0) is 22.3 Å². The Bertz CT molecular complexity index is 896. The van der Waals surface area contributed by atoms with Gasteiger partial charge in [-0.15, -0.1) is 0 Å². The fourth-order valence-electron chi connectivity index (χ4n) is 4.42. The van der Waals surface area contributed by atoms with Crippen LogP contribution in [0.4, 0.5) is 9.59 Å². The van der Waals surface area contributed by atoms with Gasteiger partial charge < -0.3 is 9.47 Å². The number of carbonyl (C=O) groups is 2. The second-order valence-corrected chi connectivity index (χ2v) is 10.6. The second kappa shape index (κ2) is 6.67. The standard InChI is InChI=1S/C22H20O4Si/c1-25-21(23)27(22(24)26-2,19-13-11-15-7-3-5-9-17(15)19)20-14-12-16-8-4-6-10-18(16)20/h3-14,19-20H,1-2H3. The van der Waals surface area contributed by atoms with E-state index in [2.05, 4.69) is 0 Å². The van der Waals surface area contributed by atoms with Crippen molar-refractivity contribution in [2.24, 2.45) is 0 Å².